The number of rotatable bonds is 9. The van der Waals surface area contributed by atoms with E-state index >= 15 is 4.39 Å². The Labute approximate surface area is 277 Å². The molecule has 0 N–H and O–H groups in total. The summed E-state index contributed by atoms with van der Waals surface area (Å²) in [7, 11) is 5.09. The van der Waals surface area contributed by atoms with Crippen molar-refractivity contribution >= 4 is 33.4 Å². The average Bonchev–Trinajstić information content (AvgIpc) is 3.64. The zero-order valence-corrected chi connectivity index (χ0v) is 27.4. The molecule has 0 spiro atoms. The number of hydrogen-bond donors (Lipinski definition) is 0. The lowest BCUT2D eigenvalue weighted by Crippen LogP contribution is -2.43. The van der Waals surface area contributed by atoms with E-state index in [-0.39, 0.29) is 59.9 Å². The topological polar surface area (TPSA) is 83.9 Å². The van der Waals surface area contributed by atoms with Crippen LogP contribution < -0.4 is 14.4 Å². The van der Waals surface area contributed by atoms with Gasteiger partial charge in [0.2, 0.25) is 5.91 Å². The van der Waals surface area contributed by atoms with E-state index in [0.717, 1.165) is 12.8 Å². The van der Waals surface area contributed by atoms with Crippen LogP contribution in [0.2, 0.25) is 0 Å². The van der Waals surface area contributed by atoms with Crippen LogP contribution in [0.1, 0.15) is 31.7 Å². The van der Waals surface area contributed by atoms with Crippen molar-refractivity contribution in [2.75, 3.05) is 52.3 Å². The van der Waals surface area contributed by atoms with Crippen LogP contribution in [0, 0.1) is 24.0 Å². The van der Waals surface area contributed by atoms with Gasteiger partial charge in [0.1, 0.15) is 41.4 Å². The number of nitrogens with zero attached hydrogens (tertiary/aromatic N) is 6. The van der Waals surface area contributed by atoms with Gasteiger partial charge in [0.25, 0.3) is 0 Å². The molecule has 3 atom stereocenters. The van der Waals surface area contributed by atoms with E-state index < -0.39 is 23.3 Å². The third kappa shape index (κ3) is 5.87. The van der Waals surface area contributed by atoms with Crippen molar-refractivity contribution in [2.45, 2.75) is 43.9 Å². The van der Waals surface area contributed by atoms with Crippen LogP contribution in [0.25, 0.3) is 32.9 Å². The van der Waals surface area contributed by atoms with E-state index in [1.165, 1.54) is 25.4 Å². The number of methoxy groups -OCH3 is 1. The largest absolute Gasteiger partial charge is 0.497 e. The number of alkyl halides is 1. The number of benzene rings is 2. The Bertz CT molecular complexity index is 1970. The maximum Gasteiger partial charge on any atom is 0.319 e. The Kier molecular flexibility index (Phi) is 8.92. The number of fused-ring (bicyclic) bond motifs is 2. The highest BCUT2D eigenvalue weighted by molar-refractivity contribution is 6.03. The molecule has 0 bridgehead atoms. The van der Waals surface area contributed by atoms with Crippen LogP contribution >= 0.6 is 0 Å². The molecule has 0 unspecified atom stereocenters. The third-order valence-corrected chi connectivity index (χ3v) is 9.57. The average molecular weight is 659 g/mol. The molecular weight excluding hydrogens is 621 g/mol. The lowest BCUT2D eigenvalue weighted by molar-refractivity contribution is -0.126. The molecule has 1 amide bonds. The summed E-state index contributed by atoms with van der Waals surface area (Å²) in [5.74, 6) is 1.55. The summed E-state index contributed by atoms with van der Waals surface area (Å²) < 4.78 is 57.7. The van der Waals surface area contributed by atoms with Crippen molar-refractivity contribution in [2.24, 2.45) is 0 Å². The van der Waals surface area contributed by atoms with Crippen molar-refractivity contribution in [1.82, 2.24) is 24.8 Å². The van der Waals surface area contributed by atoms with E-state index in [2.05, 4.69) is 27.5 Å². The van der Waals surface area contributed by atoms with Gasteiger partial charge in [-0.2, -0.15) is 9.97 Å². The van der Waals surface area contributed by atoms with E-state index in [0.29, 0.717) is 40.8 Å². The lowest BCUT2D eigenvalue weighted by Gasteiger charge is -2.31. The van der Waals surface area contributed by atoms with E-state index in [1.807, 2.05) is 23.8 Å². The standard InChI is InChI=1S/C36H37F3N6O3/c1-7-25-28(38)12-11-21-14-24(47-6)15-26(30(21)25)32-31(39)33-27(17-40-32)34(43(4)19-23-10-9-13-45(23)29(46)8-2)42-35(41-33)48-20-36(3)16-22(37)18-44(36)5/h1,8,11-12,14-15,17,22-23H,2,9-10,13,16,18-20H2,3-6H3/t22-,23+,36+/m1/s1. The molecule has 9 nitrogen and oxygen atoms in total. The molecule has 0 aliphatic carbocycles. The van der Waals surface area contributed by atoms with Crippen molar-refractivity contribution in [1.29, 1.82) is 0 Å². The van der Waals surface area contributed by atoms with Gasteiger partial charge in [0.05, 0.1) is 23.6 Å². The number of likely N-dealkylation sites (tertiary alicyclic amines) is 2. The molecule has 0 saturated carbocycles. The van der Waals surface area contributed by atoms with Crippen LogP contribution in [0.3, 0.4) is 0 Å². The molecule has 6 rings (SSSR count). The van der Waals surface area contributed by atoms with Gasteiger partial charge in [-0.15, -0.1) is 6.42 Å². The van der Waals surface area contributed by atoms with Crippen molar-refractivity contribution < 1.29 is 27.4 Å². The van der Waals surface area contributed by atoms with E-state index in [1.54, 1.807) is 30.1 Å². The second kappa shape index (κ2) is 13.0. The number of halogens is 3. The number of terminal acetylenes is 1. The number of pyridine rings is 1. The number of carbonyl (C=O) groups excluding carboxylic acids is 1. The molecule has 48 heavy (non-hydrogen) atoms. The fourth-order valence-electron chi connectivity index (χ4n) is 6.86. The van der Waals surface area contributed by atoms with Gasteiger partial charge in [-0.1, -0.05) is 18.6 Å². The molecule has 2 aliphatic rings. The Morgan fingerprint density at radius 1 is 1.29 bits per heavy atom. The molecule has 4 heterocycles. The van der Waals surface area contributed by atoms with Gasteiger partial charge >= 0.3 is 6.01 Å². The second-order valence-corrected chi connectivity index (χ2v) is 12.7. The monoisotopic (exact) mass is 658 g/mol. The first-order chi connectivity index (χ1) is 23.0. The van der Waals surface area contributed by atoms with Gasteiger partial charge in [-0.3, -0.25) is 14.7 Å². The highest BCUT2D eigenvalue weighted by Gasteiger charge is 2.41. The zero-order chi connectivity index (χ0) is 34.3. The molecule has 2 saturated heterocycles. The molecule has 2 fully saturated rings. The molecule has 4 aromatic rings. The number of aromatic nitrogens is 3. The summed E-state index contributed by atoms with van der Waals surface area (Å²) in [6.45, 7) is 6.86. The SMILES string of the molecule is C#Cc1c(F)ccc2cc(OC)cc(-c3ncc4c(N(C)C[C@@H]5CCCN5C(=O)C=C)nc(OC[C@]5(C)C[C@@H](F)CN5C)nc4c3F)c12. The number of hydrogen-bond acceptors (Lipinski definition) is 8. The minimum atomic E-state index is -1.00. The Morgan fingerprint density at radius 2 is 2.08 bits per heavy atom. The fraction of sp³-hybridized carbons (Fsp3) is 0.389. The van der Waals surface area contributed by atoms with Gasteiger partial charge in [0, 0.05) is 56.3 Å². The normalized spacial score (nSPS) is 21.1. The number of likely N-dealkylation sites (N-methyl/N-ethyl adjacent to an activating group) is 2. The Morgan fingerprint density at radius 3 is 2.77 bits per heavy atom. The first-order valence-electron chi connectivity index (χ1n) is 15.7. The molecule has 2 aromatic carbocycles. The smallest absolute Gasteiger partial charge is 0.319 e. The minimum Gasteiger partial charge on any atom is -0.497 e. The molecule has 12 heteroatoms. The first kappa shape index (κ1) is 33.0. The van der Waals surface area contributed by atoms with Crippen LogP contribution in [0.15, 0.2) is 43.1 Å². The Balaban J connectivity index is 1.50. The number of amides is 1. The summed E-state index contributed by atoms with van der Waals surface area (Å²) >= 11 is 0. The number of ether oxygens (including phenoxy) is 2. The lowest BCUT2D eigenvalue weighted by atomic mass is 9.95. The molecule has 2 aromatic heterocycles. The fourth-order valence-corrected chi connectivity index (χ4v) is 6.86. The van der Waals surface area contributed by atoms with Crippen molar-refractivity contribution in [3.63, 3.8) is 0 Å². The summed E-state index contributed by atoms with van der Waals surface area (Å²) in [5, 5.41) is 1.15. The van der Waals surface area contributed by atoms with E-state index in [4.69, 9.17) is 15.9 Å². The van der Waals surface area contributed by atoms with Crippen LogP contribution in [-0.4, -0.2) is 95.9 Å². The van der Waals surface area contributed by atoms with Crippen LogP contribution in [-0.2, 0) is 4.79 Å². The van der Waals surface area contributed by atoms with Gasteiger partial charge in [-0.05, 0) is 56.5 Å². The minimum absolute atomic E-state index is 0.0335. The Hall–Kier alpha value is -4.89. The van der Waals surface area contributed by atoms with Crippen LogP contribution in [0.4, 0.5) is 19.0 Å². The second-order valence-electron chi connectivity index (χ2n) is 12.7. The highest BCUT2D eigenvalue weighted by Crippen LogP contribution is 2.39. The first-order valence-corrected chi connectivity index (χ1v) is 15.7. The molecule has 2 aliphatic heterocycles. The van der Waals surface area contributed by atoms with Crippen LogP contribution in [0.5, 0.6) is 11.8 Å². The van der Waals surface area contributed by atoms with Gasteiger partial charge < -0.3 is 19.3 Å². The number of anilines is 1. The molecular formula is C36H37F3N6O3. The molecule has 0 radical (unpaired) electrons. The van der Waals surface area contributed by atoms with Crippen molar-refractivity contribution in [3.8, 4) is 35.4 Å². The molecule has 250 valence electrons. The summed E-state index contributed by atoms with van der Waals surface area (Å²) in [6, 6.07) is 5.81. The third-order valence-electron chi connectivity index (χ3n) is 9.57. The van der Waals surface area contributed by atoms with E-state index in [9.17, 15) is 13.6 Å². The summed E-state index contributed by atoms with van der Waals surface area (Å²) in [5.41, 5.74) is -0.635. The predicted molar refractivity (Wildman–Crippen MR) is 179 cm³/mol. The highest BCUT2D eigenvalue weighted by atomic mass is 19.1. The maximum absolute atomic E-state index is 16.9. The number of carbonyl (C=O) groups is 1. The maximum atomic E-state index is 16.9. The van der Waals surface area contributed by atoms with Crippen molar-refractivity contribution in [3.05, 3.63) is 60.3 Å². The zero-order valence-electron chi connectivity index (χ0n) is 27.4. The van der Waals surface area contributed by atoms with Gasteiger partial charge in [-0.25, -0.2) is 13.2 Å². The predicted octanol–water partition coefficient (Wildman–Crippen LogP) is 5.54. The summed E-state index contributed by atoms with van der Waals surface area (Å²) in [4.78, 5) is 31.7. The summed E-state index contributed by atoms with van der Waals surface area (Å²) in [6.07, 6.45) is 9.36. The quantitative estimate of drug-likeness (QED) is 0.171. The van der Waals surface area contributed by atoms with Gasteiger partial charge in [0.15, 0.2) is 5.82 Å².